The third-order valence-corrected chi connectivity index (χ3v) is 3.36. The molecular weight excluding hydrogens is 264 g/mol. The van der Waals surface area contributed by atoms with Gasteiger partial charge in [-0.2, -0.15) is 0 Å². The Kier molecular flexibility index (Phi) is 3.60. The number of nitrogens with one attached hydrogen (secondary N) is 1. The molecule has 0 saturated carbocycles. The van der Waals surface area contributed by atoms with E-state index in [0.717, 1.165) is 34.0 Å². The monoisotopic (exact) mass is 280 g/mol. The summed E-state index contributed by atoms with van der Waals surface area (Å²) >= 11 is 0. The maximum Gasteiger partial charge on any atom is 0.141 e. The number of aromatic amines is 1. The van der Waals surface area contributed by atoms with Gasteiger partial charge in [-0.05, 0) is 29.3 Å². The number of imidazole rings is 1. The highest BCUT2D eigenvalue weighted by atomic mass is 16.5. The van der Waals surface area contributed by atoms with E-state index in [2.05, 4.69) is 16.0 Å². The van der Waals surface area contributed by atoms with Crippen LogP contribution in [0.4, 0.5) is 0 Å². The fourth-order valence-electron chi connectivity index (χ4n) is 2.38. The minimum atomic E-state index is 0.783. The molecule has 4 heteroatoms. The third kappa shape index (κ3) is 2.48. The van der Waals surface area contributed by atoms with E-state index in [9.17, 15) is 0 Å². The number of ether oxygens (including phenoxy) is 2. The van der Waals surface area contributed by atoms with Crippen molar-refractivity contribution >= 4 is 0 Å². The number of aromatic nitrogens is 2. The predicted molar refractivity (Wildman–Crippen MR) is 82.6 cm³/mol. The molecule has 0 radical (unpaired) electrons. The summed E-state index contributed by atoms with van der Waals surface area (Å²) in [4.78, 5) is 7.50. The molecule has 0 bridgehead atoms. The van der Waals surface area contributed by atoms with Gasteiger partial charge in [0.25, 0.3) is 0 Å². The van der Waals surface area contributed by atoms with Crippen LogP contribution in [0.5, 0.6) is 11.5 Å². The number of hydrogen-bond donors (Lipinski definition) is 1. The van der Waals surface area contributed by atoms with E-state index in [-0.39, 0.29) is 0 Å². The quantitative estimate of drug-likeness (QED) is 0.791. The normalized spacial score (nSPS) is 10.4. The summed E-state index contributed by atoms with van der Waals surface area (Å²) in [5.74, 6) is 2.39. The zero-order valence-corrected chi connectivity index (χ0v) is 12.0. The highest BCUT2D eigenvalue weighted by Gasteiger charge is 2.15. The van der Waals surface area contributed by atoms with Crippen LogP contribution >= 0.6 is 0 Å². The first-order chi connectivity index (χ1) is 10.3. The lowest BCUT2D eigenvalue weighted by molar-refractivity contribution is 0.414. The predicted octanol–water partition coefficient (Wildman–Crippen LogP) is 3.76. The van der Waals surface area contributed by atoms with Crippen molar-refractivity contribution in [1.29, 1.82) is 0 Å². The Bertz CT molecular complexity index is 736. The van der Waals surface area contributed by atoms with Crippen LogP contribution in [0.15, 0.2) is 54.9 Å². The van der Waals surface area contributed by atoms with Gasteiger partial charge in [0.05, 0.1) is 19.8 Å². The Morgan fingerprint density at radius 2 is 1.86 bits per heavy atom. The van der Waals surface area contributed by atoms with E-state index >= 15 is 0 Å². The van der Waals surface area contributed by atoms with Crippen molar-refractivity contribution in [2.75, 3.05) is 14.2 Å². The van der Waals surface area contributed by atoms with Crippen molar-refractivity contribution < 1.29 is 9.47 Å². The zero-order valence-electron chi connectivity index (χ0n) is 12.0. The van der Waals surface area contributed by atoms with E-state index in [1.165, 1.54) is 0 Å². The fourth-order valence-corrected chi connectivity index (χ4v) is 2.38. The van der Waals surface area contributed by atoms with E-state index in [1.54, 1.807) is 26.6 Å². The number of hydrogen-bond acceptors (Lipinski definition) is 3. The second-order valence-electron chi connectivity index (χ2n) is 4.55. The lowest BCUT2D eigenvalue weighted by atomic mass is 9.98. The van der Waals surface area contributed by atoms with Crippen molar-refractivity contribution in [3.63, 3.8) is 0 Å². The van der Waals surface area contributed by atoms with Gasteiger partial charge in [-0.25, -0.2) is 4.98 Å². The number of methoxy groups -OCH3 is 2. The molecule has 3 rings (SSSR count). The molecule has 0 unspecified atom stereocenters. The van der Waals surface area contributed by atoms with Crippen molar-refractivity contribution in [2.24, 2.45) is 0 Å². The van der Waals surface area contributed by atoms with Gasteiger partial charge in [0.15, 0.2) is 0 Å². The van der Waals surface area contributed by atoms with Crippen LogP contribution in [-0.2, 0) is 0 Å². The molecule has 2 aromatic carbocycles. The third-order valence-electron chi connectivity index (χ3n) is 3.36. The Hall–Kier alpha value is -2.75. The summed E-state index contributed by atoms with van der Waals surface area (Å²) in [5, 5.41) is 0. The molecule has 1 N–H and O–H groups in total. The summed E-state index contributed by atoms with van der Waals surface area (Å²) < 4.78 is 10.8. The molecule has 1 aromatic heterocycles. The minimum Gasteiger partial charge on any atom is -0.497 e. The van der Waals surface area contributed by atoms with Crippen molar-refractivity contribution in [2.45, 2.75) is 0 Å². The van der Waals surface area contributed by atoms with Gasteiger partial charge in [-0.3, -0.25) is 0 Å². The molecule has 0 atom stereocenters. The molecule has 4 nitrogen and oxygen atoms in total. The van der Waals surface area contributed by atoms with Crippen molar-refractivity contribution in [3.05, 3.63) is 54.9 Å². The molecule has 0 amide bonds. The summed E-state index contributed by atoms with van der Waals surface area (Å²) in [6.45, 7) is 0. The molecule has 21 heavy (non-hydrogen) atoms. The van der Waals surface area contributed by atoms with Gasteiger partial charge >= 0.3 is 0 Å². The highest BCUT2D eigenvalue weighted by Crippen LogP contribution is 2.38. The Morgan fingerprint density at radius 1 is 1.00 bits per heavy atom. The summed E-state index contributed by atoms with van der Waals surface area (Å²) in [5.41, 5.74) is 3.04. The van der Waals surface area contributed by atoms with Crippen LogP contribution in [0.1, 0.15) is 0 Å². The van der Waals surface area contributed by atoms with Crippen LogP contribution in [0, 0.1) is 0 Å². The first-order valence-corrected chi connectivity index (χ1v) is 6.64. The van der Waals surface area contributed by atoms with E-state index in [0.29, 0.717) is 0 Å². The maximum absolute atomic E-state index is 5.50. The Morgan fingerprint density at radius 3 is 2.57 bits per heavy atom. The topological polar surface area (TPSA) is 47.1 Å². The molecule has 0 fully saturated rings. The van der Waals surface area contributed by atoms with Gasteiger partial charge < -0.3 is 14.5 Å². The largest absolute Gasteiger partial charge is 0.497 e. The first kappa shape index (κ1) is 13.2. The minimum absolute atomic E-state index is 0.783. The first-order valence-electron chi connectivity index (χ1n) is 6.64. The molecule has 0 spiro atoms. The molecule has 0 aliphatic heterocycles. The highest BCUT2D eigenvalue weighted by molar-refractivity contribution is 5.85. The number of benzene rings is 2. The maximum atomic E-state index is 5.50. The number of H-pyrrole nitrogens is 1. The smallest absolute Gasteiger partial charge is 0.141 e. The van der Waals surface area contributed by atoms with E-state index < -0.39 is 0 Å². The fraction of sp³-hybridized carbons (Fsp3) is 0.118. The van der Waals surface area contributed by atoms with E-state index in [1.807, 2.05) is 36.4 Å². The van der Waals surface area contributed by atoms with Crippen LogP contribution in [-0.4, -0.2) is 24.2 Å². The average molecular weight is 280 g/mol. The lowest BCUT2D eigenvalue weighted by Gasteiger charge is -2.13. The standard InChI is InChI=1S/C17H16N2O2/c1-20-13-6-3-5-12(11-13)14-7-4-8-15(21-2)16(14)17-18-9-10-19-17/h3-11H,1-2H3,(H,18,19). The van der Waals surface area contributed by atoms with Crippen LogP contribution < -0.4 is 9.47 Å². The molecule has 3 aromatic rings. The van der Waals surface area contributed by atoms with Gasteiger partial charge in [-0.1, -0.05) is 24.3 Å². The van der Waals surface area contributed by atoms with Crippen molar-refractivity contribution in [1.82, 2.24) is 9.97 Å². The molecule has 1 heterocycles. The van der Waals surface area contributed by atoms with Crippen molar-refractivity contribution in [3.8, 4) is 34.0 Å². The Balaban J connectivity index is 2.22. The second-order valence-corrected chi connectivity index (χ2v) is 4.55. The summed E-state index contributed by atoms with van der Waals surface area (Å²) in [7, 11) is 3.33. The van der Waals surface area contributed by atoms with Gasteiger partial charge in [-0.15, -0.1) is 0 Å². The van der Waals surface area contributed by atoms with E-state index in [4.69, 9.17) is 9.47 Å². The van der Waals surface area contributed by atoms with Crippen LogP contribution in [0.3, 0.4) is 0 Å². The second kappa shape index (κ2) is 5.71. The number of rotatable bonds is 4. The number of nitrogens with zero attached hydrogens (tertiary/aromatic N) is 1. The van der Waals surface area contributed by atoms with Gasteiger partial charge in [0.1, 0.15) is 17.3 Å². The molecular formula is C17H16N2O2. The molecule has 106 valence electrons. The summed E-state index contributed by atoms with van der Waals surface area (Å²) in [6, 6.07) is 13.9. The summed E-state index contributed by atoms with van der Waals surface area (Å²) in [6.07, 6.45) is 3.54. The van der Waals surface area contributed by atoms with Gasteiger partial charge in [0.2, 0.25) is 0 Å². The Labute approximate surface area is 123 Å². The van der Waals surface area contributed by atoms with Crippen LogP contribution in [0.25, 0.3) is 22.5 Å². The SMILES string of the molecule is COc1cccc(-c2cccc(OC)c2-c2ncc[nH]2)c1. The van der Waals surface area contributed by atoms with Crippen LogP contribution in [0.2, 0.25) is 0 Å². The molecule has 0 aliphatic carbocycles. The average Bonchev–Trinajstić information content (AvgIpc) is 3.08. The lowest BCUT2D eigenvalue weighted by Crippen LogP contribution is -1.93. The molecule has 0 saturated heterocycles. The zero-order chi connectivity index (χ0) is 14.7. The van der Waals surface area contributed by atoms with Gasteiger partial charge in [0, 0.05) is 12.4 Å². The molecule has 0 aliphatic rings.